The molecule has 1 heteroatoms. The second-order valence-corrected chi connectivity index (χ2v) is 5.59. The van der Waals surface area contributed by atoms with Crippen LogP contribution in [0.1, 0.15) is 50.0 Å². The molecule has 0 bridgehead atoms. The van der Waals surface area contributed by atoms with E-state index in [4.69, 9.17) is 0 Å². The van der Waals surface area contributed by atoms with Gasteiger partial charge in [0.2, 0.25) is 0 Å². The molecule has 3 rings (SSSR count). The summed E-state index contributed by atoms with van der Waals surface area (Å²) in [5, 5.41) is 0. The van der Waals surface area contributed by atoms with E-state index in [1.807, 2.05) is 0 Å². The van der Waals surface area contributed by atoms with Crippen molar-refractivity contribution in [2.24, 2.45) is 11.8 Å². The molecule has 0 amide bonds. The predicted octanol–water partition coefficient (Wildman–Crippen LogP) is 3.94. The van der Waals surface area contributed by atoms with Gasteiger partial charge in [-0.15, -0.1) is 0 Å². The summed E-state index contributed by atoms with van der Waals surface area (Å²) in [5.41, 5.74) is 1.39. The molecule has 2 fully saturated rings. The SMILES string of the molecule is O=C1CCC[C@H]2CCC[C@@H](c3ccccc3)[C@H]12. The fraction of sp³-hybridized carbons (Fsp3) is 0.562. The summed E-state index contributed by atoms with van der Waals surface area (Å²) in [6.45, 7) is 0. The molecular formula is C16H20O. The monoisotopic (exact) mass is 228 g/mol. The first kappa shape index (κ1) is 11.0. The maximum absolute atomic E-state index is 12.2. The third-order valence-corrected chi connectivity index (χ3v) is 4.63. The molecule has 0 N–H and O–H groups in total. The van der Waals surface area contributed by atoms with Crippen molar-refractivity contribution in [3.8, 4) is 0 Å². The summed E-state index contributed by atoms with van der Waals surface area (Å²) in [6, 6.07) is 10.7. The van der Waals surface area contributed by atoms with Gasteiger partial charge >= 0.3 is 0 Å². The third kappa shape index (κ3) is 2.03. The Morgan fingerprint density at radius 3 is 2.53 bits per heavy atom. The van der Waals surface area contributed by atoms with Gasteiger partial charge in [-0.3, -0.25) is 4.79 Å². The fourth-order valence-corrected chi connectivity index (χ4v) is 3.88. The second kappa shape index (κ2) is 4.64. The first-order valence-corrected chi connectivity index (χ1v) is 6.94. The zero-order chi connectivity index (χ0) is 11.7. The summed E-state index contributed by atoms with van der Waals surface area (Å²) in [6.07, 6.45) is 7.01. The molecule has 2 saturated carbocycles. The van der Waals surface area contributed by atoms with Gasteiger partial charge in [-0.2, -0.15) is 0 Å². The summed E-state index contributed by atoms with van der Waals surface area (Å²) in [5.74, 6) is 2.05. The average molecular weight is 228 g/mol. The quantitative estimate of drug-likeness (QED) is 0.711. The third-order valence-electron chi connectivity index (χ3n) is 4.63. The van der Waals surface area contributed by atoms with Crippen LogP contribution in [-0.2, 0) is 4.79 Å². The fourth-order valence-electron chi connectivity index (χ4n) is 3.88. The lowest BCUT2D eigenvalue weighted by molar-refractivity contribution is -0.128. The highest BCUT2D eigenvalue weighted by Crippen LogP contribution is 2.46. The van der Waals surface area contributed by atoms with Crippen molar-refractivity contribution < 1.29 is 4.79 Å². The van der Waals surface area contributed by atoms with Crippen LogP contribution < -0.4 is 0 Å². The summed E-state index contributed by atoms with van der Waals surface area (Å²) >= 11 is 0. The van der Waals surface area contributed by atoms with Crippen LogP contribution in [0.25, 0.3) is 0 Å². The number of Topliss-reactive ketones (excluding diaryl/α,β-unsaturated/α-hetero) is 1. The van der Waals surface area contributed by atoms with Crippen LogP contribution in [0.4, 0.5) is 0 Å². The van der Waals surface area contributed by atoms with Crippen LogP contribution in [-0.4, -0.2) is 5.78 Å². The molecular weight excluding hydrogens is 208 g/mol. The molecule has 2 aliphatic carbocycles. The van der Waals surface area contributed by atoms with Crippen molar-refractivity contribution in [1.29, 1.82) is 0 Å². The van der Waals surface area contributed by atoms with Gasteiger partial charge in [0.15, 0.2) is 0 Å². The molecule has 0 saturated heterocycles. The van der Waals surface area contributed by atoms with Gasteiger partial charge < -0.3 is 0 Å². The Balaban J connectivity index is 1.90. The largest absolute Gasteiger partial charge is 0.299 e. The minimum Gasteiger partial charge on any atom is -0.299 e. The lowest BCUT2D eigenvalue weighted by Crippen LogP contribution is -2.36. The molecule has 0 radical (unpaired) electrons. The predicted molar refractivity (Wildman–Crippen MR) is 68.9 cm³/mol. The van der Waals surface area contributed by atoms with Gasteiger partial charge in [0.25, 0.3) is 0 Å². The normalized spacial score (nSPS) is 33.2. The van der Waals surface area contributed by atoms with E-state index in [-0.39, 0.29) is 0 Å². The van der Waals surface area contributed by atoms with Crippen LogP contribution >= 0.6 is 0 Å². The molecule has 17 heavy (non-hydrogen) atoms. The smallest absolute Gasteiger partial charge is 0.136 e. The van der Waals surface area contributed by atoms with Crippen LogP contribution in [0.5, 0.6) is 0 Å². The number of ketones is 1. The number of rotatable bonds is 1. The van der Waals surface area contributed by atoms with Crippen LogP contribution in [0.15, 0.2) is 30.3 Å². The van der Waals surface area contributed by atoms with E-state index in [0.717, 1.165) is 12.8 Å². The van der Waals surface area contributed by atoms with Crippen LogP contribution in [0, 0.1) is 11.8 Å². The summed E-state index contributed by atoms with van der Waals surface area (Å²) < 4.78 is 0. The summed E-state index contributed by atoms with van der Waals surface area (Å²) in [4.78, 5) is 12.2. The Hall–Kier alpha value is -1.11. The minimum atomic E-state index is 0.333. The Morgan fingerprint density at radius 2 is 1.71 bits per heavy atom. The molecule has 0 aromatic heterocycles. The Bertz CT molecular complexity index is 393. The minimum absolute atomic E-state index is 0.333. The highest BCUT2D eigenvalue weighted by molar-refractivity contribution is 5.83. The van der Waals surface area contributed by atoms with Crippen molar-refractivity contribution >= 4 is 5.78 Å². The number of carbonyl (C=O) groups excluding carboxylic acids is 1. The number of hydrogen-bond acceptors (Lipinski definition) is 1. The molecule has 1 aromatic rings. The van der Waals surface area contributed by atoms with E-state index in [2.05, 4.69) is 30.3 Å². The number of carbonyl (C=O) groups is 1. The molecule has 0 unspecified atom stereocenters. The van der Waals surface area contributed by atoms with Gasteiger partial charge in [-0.1, -0.05) is 36.8 Å². The zero-order valence-corrected chi connectivity index (χ0v) is 10.3. The van der Waals surface area contributed by atoms with Gasteiger partial charge in [-0.05, 0) is 43.1 Å². The molecule has 1 aromatic carbocycles. The van der Waals surface area contributed by atoms with Crippen molar-refractivity contribution in [1.82, 2.24) is 0 Å². The van der Waals surface area contributed by atoms with E-state index in [9.17, 15) is 4.79 Å². The zero-order valence-electron chi connectivity index (χ0n) is 10.3. The van der Waals surface area contributed by atoms with E-state index >= 15 is 0 Å². The highest BCUT2D eigenvalue weighted by Gasteiger charge is 2.40. The molecule has 1 nitrogen and oxygen atoms in total. The topological polar surface area (TPSA) is 17.1 Å². The maximum Gasteiger partial charge on any atom is 0.136 e. The first-order chi connectivity index (χ1) is 8.36. The van der Waals surface area contributed by atoms with E-state index in [1.165, 1.54) is 31.2 Å². The number of benzene rings is 1. The van der Waals surface area contributed by atoms with Gasteiger partial charge in [0, 0.05) is 12.3 Å². The average Bonchev–Trinajstić information content (AvgIpc) is 2.39. The molecule has 0 aliphatic heterocycles. The van der Waals surface area contributed by atoms with Crippen LogP contribution in [0.3, 0.4) is 0 Å². The summed E-state index contributed by atoms with van der Waals surface area (Å²) in [7, 11) is 0. The second-order valence-electron chi connectivity index (χ2n) is 5.59. The Labute approximate surface area is 103 Å². The van der Waals surface area contributed by atoms with Gasteiger partial charge in [-0.25, -0.2) is 0 Å². The van der Waals surface area contributed by atoms with E-state index in [0.29, 0.717) is 23.5 Å². The van der Waals surface area contributed by atoms with Crippen molar-refractivity contribution in [3.63, 3.8) is 0 Å². The number of hydrogen-bond donors (Lipinski definition) is 0. The van der Waals surface area contributed by atoms with Gasteiger partial charge in [0.05, 0.1) is 0 Å². The first-order valence-electron chi connectivity index (χ1n) is 6.94. The highest BCUT2D eigenvalue weighted by atomic mass is 16.1. The molecule has 3 atom stereocenters. The van der Waals surface area contributed by atoms with E-state index < -0.39 is 0 Å². The molecule has 0 spiro atoms. The van der Waals surface area contributed by atoms with Gasteiger partial charge in [0.1, 0.15) is 5.78 Å². The maximum atomic E-state index is 12.2. The van der Waals surface area contributed by atoms with Crippen molar-refractivity contribution in [2.45, 2.75) is 44.4 Å². The molecule has 0 heterocycles. The molecule has 90 valence electrons. The lowest BCUT2D eigenvalue weighted by atomic mass is 9.63. The number of fused-ring (bicyclic) bond motifs is 1. The molecule has 2 aliphatic rings. The van der Waals surface area contributed by atoms with Crippen molar-refractivity contribution in [3.05, 3.63) is 35.9 Å². The lowest BCUT2D eigenvalue weighted by Gasteiger charge is -2.40. The Morgan fingerprint density at radius 1 is 0.941 bits per heavy atom. The van der Waals surface area contributed by atoms with Crippen molar-refractivity contribution in [2.75, 3.05) is 0 Å². The Kier molecular flexibility index (Phi) is 3.00. The van der Waals surface area contributed by atoms with Crippen LogP contribution in [0.2, 0.25) is 0 Å². The van der Waals surface area contributed by atoms with E-state index in [1.54, 1.807) is 0 Å². The standard InChI is InChI=1S/C16H20O/c17-15-11-5-9-13-8-4-10-14(16(13)15)12-6-2-1-3-7-12/h1-3,6-7,13-14,16H,4-5,8-11H2/t13-,14+,16-/m1/s1.